The van der Waals surface area contributed by atoms with Gasteiger partial charge in [0.1, 0.15) is 5.75 Å². The van der Waals surface area contributed by atoms with E-state index < -0.39 is 0 Å². The largest absolute Gasteiger partial charge is 0.507 e. The number of rotatable bonds is 3. The van der Waals surface area contributed by atoms with Gasteiger partial charge in [-0.1, -0.05) is 37.3 Å². The zero-order chi connectivity index (χ0) is 13.1. The molecule has 18 heavy (non-hydrogen) atoms. The molecule has 0 saturated carbocycles. The van der Waals surface area contributed by atoms with Crippen LogP contribution in [0.25, 0.3) is 11.1 Å². The minimum absolute atomic E-state index is 0.0519. The van der Waals surface area contributed by atoms with Crippen molar-refractivity contribution in [2.75, 3.05) is 0 Å². The van der Waals surface area contributed by atoms with Crippen molar-refractivity contribution in [3.05, 3.63) is 52.4 Å². The zero-order valence-electron chi connectivity index (χ0n) is 10.7. The average Bonchev–Trinajstić information content (AvgIpc) is 2.35. The molecule has 1 aromatic carbocycles. The van der Waals surface area contributed by atoms with E-state index in [4.69, 9.17) is 0 Å². The first-order valence-corrected chi connectivity index (χ1v) is 6.14. The van der Waals surface area contributed by atoms with Crippen molar-refractivity contribution in [2.45, 2.75) is 26.8 Å². The van der Waals surface area contributed by atoms with E-state index >= 15 is 0 Å². The summed E-state index contributed by atoms with van der Waals surface area (Å²) >= 11 is 0. The van der Waals surface area contributed by atoms with E-state index in [9.17, 15) is 9.90 Å². The molecule has 0 atom stereocenters. The molecule has 0 bridgehead atoms. The van der Waals surface area contributed by atoms with Gasteiger partial charge in [0.2, 0.25) is 0 Å². The highest BCUT2D eigenvalue weighted by Crippen LogP contribution is 2.25. The van der Waals surface area contributed by atoms with Gasteiger partial charge in [-0.3, -0.25) is 4.79 Å². The van der Waals surface area contributed by atoms with E-state index in [2.05, 4.69) is 0 Å². The third-order valence-corrected chi connectivity index (χ3v) is 3.00. The Morgan fingerprint density at radius 2 is 1.89 bits per heavy atom. The molecule has 1 N–H and O–H groups in total. The van der Waals surface area contributed by atoms with Gasteiger partial charge in [0.25, 0.3) is 5.56 Å². The Bertz CT molecular complexity index is 600. The van der Waals surface area contributed by atoms with Crippen LogP contribution in [-0.2, 0) is 6.54 Å². The number of hydrogen-bond acceptors (Lipinski definition) is 2. The summed E-state index contributed by atoms with van der Waals surface area (Å²) in [6, 6.07) is 10.9. The summed E-state index contributed by atoms with van der Waals surface area (Å²) in [6.07, 6.45) is 0.889. The van der Waals surface area contributed by atoms with Crippen molar-refractivity contribution in [1.29, 1.82) is 0 Å². The third-order valence-electron chi connectivity index (χ3n) is 3.00. The highest BCUT2D eigenvalue weighted by atomic mass is 16.3. The van der Waals surface area contributed by atoms with E-state index in [1.54, 1.807) is 10.6 Å². The van der Waals surface area contributed by atoms with Crippen LogP contribution < -0.4 is 5.56 Å². The van der Waals surface area contributed by atoms with Crippen LogP contribution in [0.2, 0.25) is 0 Å². The van der Waals surface area contributed by atoms with Gasteiger partial charge in [-0.15, -0.1) is 0 Å². The lowest BCUT2D eigenvalue weighted by Gasteiger charge is -2.12. The minimum atomic E-state index is -0.124. The van der Waals surface area contributed by atoms with E-state index in [1.165, 1.54) is 0 Å². The first-order valence-electron chi connectivity index (χ1n) is 6.14. The molecule has 1 heterocycles. The average molecular weight is 243 g/mol. The number of aromatic nitrogens is 1. The quantitative estimate of drug-likeness (QED) is 0.900. The van der Waals surface area contributed by atoms with Crippen LogP contribution in [-0.4, -0.2) is 9.67 Å². The Balaban J connectivity index is 2.68. The number of benzene rings is 1. The summed E-state index contributed by atoms with van der Waals surface area (Å²) in [5.41, 5.74) is 1.80. The summed E-state index contributed by atoms with van der Waals surface area (Å²) in [5, 5.41) is 10.0. The summed E-state index contributed by atoms with van der Waals surface area (Å²) in [4.78, 5) is 12.4. The van der Waals surface area contributed by atoms with E-state index in [0.29, 0.717) is 12.1 Å². The molecule has 0 saturated heterocycles. The normalized spacial score (nSPS) is 10.6. The van der Waals surface area contributed by atoms with Crippen LogP contribution in [0, 0.1) is 6.92 Å². The van der Waals surface area contributed by atoms with Crippen molar-refractivity contribution in [1.82, 2.24) is 4.57 Å². The van der Waals surface area contributed by atoms with Gasteiger partial charge in [0.05, 0.1) is 5.56 Å². The van der Waals surface area contributed by atoms with Gasteiger partial charge in [0.15, 0.2) is 0 Å². The Kier molecular flexibility index (Phi) is 3.51. The number of aromatic hydroxyl groups is 1. The van der Waals surface area contributed by atoms with E-state index in [1.807, 2.05) is 44.2 Å². The monoisotopic (exact) mass is 243 g/mol. The van der Waals surface area contributed by atoms with Crippen LogP contribution in [0.1, 0.15) is 19.0 Å². The number of aryl methyl sites for hydroxylation is 1. The fourth-order valence-electron chi connectivity index (χ4n) is 2.13. The van der Waals surface area contributed by atoms with Gasteiger partial charge >= 0.3 is 0 Å². The maximum Gasteiger partial charge on any atom is 0.262 e. The first kappa shape index (κ1) is 12.4. The van der Waals surface area contributed by atoms with Crippen LogP contribution >= 0.6 is 0 Å². The molecule has 0 amide bonds. The number of nitrogens with zero attached hydrogens (tertiary/aromatic N) is 1. The Hall–Kier alpha value is -2.03. The van der Waals surface area contributed by atoms with Gasteiger partial charge in [-0.25, -0.2) is 0 Å². The molecular weight excluding hydrogens is 226 g/mol. The second-order valence-electron chi connectivity index (χ2n) is 4.37. The zero-order valence-corrected chi connectivity index (χ0v) is 10.7. The molecule has 2 aromatic rings. The van der Waals surface area contributed by atoms with Crippen LogP contribution in [0.4, 0.5) is 0 Å². The van der Waals surface area contributed by atoms with Crippen LogP contribution in [0.5, 0.6) is 5.75 Å². The maximum atomic E-state index is 12.4. The lowest BCUT2D eigenvalue weighted by atomic mass is 10.1. The smallest absolute Gasteiger partial charge is 0.262 e. The fourth-order valence-corrected chi connectivity index (χ4v) is 2.13. The summed E-state index contributed by atoms with van der Waals surface area (Å²) in [6.45, 7) is 4.54. The summed E-state index contributed by atoms with van der Waals surface area (Å²) in [5.74, 6) is 0.0519. The maximum absolute atomic E-state index is 12.4. The van der Waals surface area contributed by atoms with Gasteiger partial charge < -0.3 is 9.67 Å². The van der Waals surface area contributed by atoms with E-state index in [0.717, 1.165) is 17.7 Å². The molecule has 3 heteroatoms. The molecule has 0 fully saturated rings. The van der Waals surface area contributed by atoms with Gasteiger partial charge in [-0.2, -0.15) is 0 Å². The van der Waals surface area contributed by atoms with Crippen LogP contribution in [0.15, 0.2) is 41.2 Å². The molecule has 0 spiro atoms. The third kappa shape index (κ3) is 2.16. The SMILES string of the molecule is CCCn1c(C)cc(O)c(-c2ccccc2)c1=O. The summed E-state index contributed by atoms with van der Waals surface area (Å²) < 4.78 is 1.71. The highest BCUT2D eigenvalue weighted by Gasteiger charge is 2.13. The Morgan fingerprint density at radius 1 is 1.22 bits per heavy atom. The summed E-state index contributed by atoms with van der Waals surface area (Å²) in [7, 11) is 0. The van der Waals surface area contributed by atoms with Crippen molar-refractivity contribution < 1.29 is 5.11 Å². The topological polar surface area (TPSA) is 42.2 Å². The second kappa shape index (κ2) is 5.08. The molecule has 3 nitrogen and oxygen atoms in total. The predicted molar refractivity (Wildman–Crippen MR) is 72.8 cm³/mol. The van der Waals surface area contributed by atoms with Crippen molar-refractivity contribution >= 4 is 0 Å². The highest BCUT2D eigenvalue weighted by molar-refractivity contribution is 5.69. The van der Waals surface area contributed by atoms with E-state index in [-0.39, 0.29) is 11.3 Å². The van der Waals surface area contributed by atoms with Crippen molar-refractivity contribution in [3.8, 4) is 16.9 Å². The molecule has 94 valence electrons. The van der Waals surface area contributed by atoms with Gasteiger partial charge in [0, 0.05) is 18.3 Å². The Labute approximate surface area is 106 Å². The fraction of sp³-hybridized carbons (Fsp3) is 0.267. The predicted octanol–water partition coefficient (Wildman–Crippen LogP) is 2.94. The molecule has 2 rings (SSSR count). The first-order chi connectivity index (χ1) is 8.65. The molecule has 0 unspecified atom stereocenters. The molecule has 0 aliphatic carbocycles. The molecule has 0 aliphatic heterocycles. The van der Waals surface area contributed by atoms with Crippen LogP contribution in [0.3, 0.4) is 0 Å². The number of hydrogen-bond donors (Lipinski definition) is 1. The molecular formula is C15H17NO2. The lowest BCUT2D eigenvalue weighted by Crippen LogP contribution is -2.23. The van der Waals surface area contributed by atoms with Crippen molar-refractivity contribution in [2.24, 2.45) is 0 Å². The second-order valence-corrected chi connectivity index (χ2v) is 4.37. The Morgan fingerprint density at radius 3 is 2.50 bits per heavy atom. The standard InChI is InChI=1S/C15H17NO2/c1-3-9-16-11(2)10-13(17)14(15(16)18)12-7-5-4-6-8-12/h4-8,10,17H,3,9H2,1-2H3. The lowest BCUT2D eigenvalue weighted by molar-refractivity contribution is 0.471. The number of pyridine rings is 1. The van der Waals surface area contributed by atoms with Crippen molar-refractivity contribution in [3.63, 3.8) is 0 Å². The minimum Gasteiger partial charge on any atom is -0.507 e. The van der Waals surface area contributed by atoms with Gasteiger partial charge in [-0.05, 0) is 18.9 Å². The molecule has 0 aliphatic rings. The molecule has 0 radical (unpaired) electrons. The molecule has 1 aromatic heterocycles.